The van der Waals surface area contributed by atoms with Gasteiger partial charge in [-0.1, -0.05) is 24.6 Å². The molecule has 0 radical (unpaired) electrons. The minimum Gasteiger partial charge on any atom is -0.396 e. The molecule has 2 aromatic rings. The molecular weight excluding hydrogens is 250 g/mol. The van der Waals surface area contributed by atoms with Crippen molar-refractivity contribution >= 4 is 10.9 Å². The SMILES string of the molecule is Cn1nc(CN(CCCO)C2CCC2)c2ccccc21. The summed E-state index contributed by atoms with van der Waals surface area (Å²) in [6.45, 7) is 2.13. The molecule has 1 aromatic heterocycles. The molecule has 3 rings (SSSR count). The van der Waals surface area contributed by atoms with Gasteiger partial charge in [0.25, 0.3) is 0 Å². The van der Waals surface area contributed by atoms with Crippen molar-refractivity contribution in [3.8, 4) is 0 Å². The van der Waals surface area contributed by atoms with Gasteiger partial charge in [0.15, 0.2) is 0 Å². The molecule has 108 valence electrons. The largest absolute Gasteiger partial charge is 0.396 e. The topological polar surface area (TPSA) is 41.3 Å². The van der Waals surface area contributed by atoms with Gasteiger partial charge in [-0.3, -0.25) is 9.58 Å². The number of aryl methyl sites for hydroxylation is 1. The van der Waals surface area contributed by atoms with Gasteiger partial charge in [-0.05, 0) is 25.3 Å². The highest BCUT2D eigenvalue weighted by molar-refractivity contribution is 5.81. The van der Waals surface area contributed by atoms with Crippen LogP contribution in [0, 0.1) is 0 Å². The van der Waals surface area contributed by atoms with E-state index in [4.69, 9.17) is 10.2 Å². The maximum atomic E-state index is 9.08. The third-order valence-electron chi connectivity index (χ3n) is 4.38. The molecule has 0 aliphatic heterocycles. The van der Waals surface area contributed by atoms with E-state index in [1.54, 1.807) is 0 Å². The van der Waals surface area contributed by atoms with E-state index >= 15 is 0 Å². The highest BCUT2D eigenvalue weighted by atomic mass is 16.3. The van der Waals surface area contributed by atoms with Gasteiger partial charge in [-0.2, -0.15) is 5.10 Å². The average molecular weight is 273 g/mol. The van der Waals surface area contributed by atoms with Crippen molar-refractivity contribution < 1.29 is 5.11 Å². The monoisotopic (exact) mass is 273 g/mol. The van der Waals surface area contributed by atoms with Gasteiger partial charge < -0.3 is 5.11 Å². The Balaban J connectivity index is 1.82. The van der Waals surface area contributed by atoms with Crippen LogP contribution in [0.1, 0.15) is 31.4 Å². The van der Waals surface area contributed by atoms with Crippen LogP contribution in [0.25, 0.3) is 10.9 Å². The number of fused-ring (bicyclic) bond motifs is 1. The van der Waals surface area contributed by atoms with Crippen LogP contribution in [-0.2, 0) is 13.6 Å². The average Bonchev–Trinajstić information content (AvgIpc) is 2.71. The molecule has 1 aliphatic rings. The lowest BCUT2D eigenvalue weighted by Gasteiger charge is -2.37. The summed E-state index contributed by atoms with van der Waals surface area (Å²) in [6, 6.07) is 9.09. The zero-order valence-corrected chi connectivity index (χ0v) is 12.1. The van der Waals surface area contributed by atoms with E-state index in [1.807, 2.05) is 11.7 Å². The van der Waals surface area contributed by atoms with Crippen molar-refractivity contribution in [1.29, 1.82) is 0 Å². The Morgan fingerprint density at radius 3 is 2.85 bits per heavy atom. The number of para-hydroxylation sites is 1. The van der Waals surface area contributed by atoms with Crippen LogP contribution in [-0.4, -0.2) is 39.0 Å². The van der Waals surface area contributed by atoms with Crippen LogP contribution >= 0.6 is 0 Å². The number of aromatic nitrogens is 2. The van der Waals surface area contributed by atoms with Gasteiger partial charge in [0.1, 0.15) is 0 Å². The molecule has 1 fully saturated rings. The molecule has 0 saturated heterocycles. The highest BCUT2D eigenvalue weighted by Crippen LogP contribution is 2.27. The lowest BCUT2D eigenvalue weighted by molar-refractivity contribution is 0.108. The third-order valence-corrected chi connectivity index (χ3v) is 4.38. The van der Waals surface area contributed by atoms with Gasteiger partial charge in [0, 0.05) is 38.2 Å². The fraction of sp³-hybridized carbons (Fsp3) is 0.562. The number of hydrogen-bond donors (Lipinski definition) is 1. The normalized spacial score (nSPS) is 15.9. The van der Waals surface area contributed by atoms with E-state index in [9.17, 15) is 0 Å². The molecule has 4 nitrogen and oxygen atoms in total. The Labute approximate surface area is 120 Å². The van der Waals surface area contributed by atoms with E-state index in [0.29, 0.717) is 6.04 Å². The zero-order valence-electron chi connectivity index (χ0n) is 12.1. The number of aliphatic hydroxyl groups is 1. The van der Waals surface area contributed by atoms with Crippen LogP contribution in [0.3, 0.4) is 0 Å². The summed E-state index contributed by atoms with van der Waals surface area (Å²) in [5.41, 5.74) is 2.35. The predicted molar refractivity (Wildman–Crippen MR) is 80.5 cm³/mol. The fourth-order valence-electron chi connectivity index (χ4n) is 3.01. The second-order valence-electron chi connectivity index (χ2n) is 5.72. The van der Waals surface area contributed by atoms with Crippen molar-refractivity contribution in [1.82, 2.24) is 14.7 Å². The van der Waals surface area contributed by atoms with Crippen molar-refractivity contribution in [3.63, 3.8) is 0 Å². The van der Waals surface area contributed by atoms with Gasteiger partial charge >= 0.3 is 0 Å². The molecule has 0 amide bonds. The summed E-state index contributed by atoms with van der Waals surface area (Å²) in [6.07, 6.45) is 4.76. The Kier molecular flexibility index (Phi) is 4.03. The summed E-state index contributed by atoms with van der Waals surface area (Å²) in [7, 11) is 2.01. The quantitative estimate of drug-likeness (QED) is 0.878. The zero-order chi connectivity index (χ0) is 13.9. The Morgan fingerprint density at radius 2 is 2.15 bits per heavy atom. The number of aliphatic hydroxyl groups excluding tert-OH is 1. The third kappa shape index (κ3) is 2.58. The van der Waals surface area contributed by atoms with E-state index in [-0.39, 0.29) is 6.61 Å². The second kappa shape index (κ2) is 5.94. The Hall–Kier alpha value is -1.39. The number of benzene rings is 1. The summed E-state index contributed by atoms with van der Waals surface area (Å²) in [5, 5.41) is 15.0. The molecule has 1 aromatic carbocycles. The standard InChI is InChI=1S/C16H23N3O/c1-18-16-9-3-2-8-14(16)15(17-18)12-19(10-5-11-20)13-6-4-7-13/h2-3,8-9,13,20H,4-7,10-12H2,1H3. The molecule has 0 bridgehead atoms. The molecule has 0 spiro atoms. The molecule has 0 unspecified atom stereocenters. The summed E-state index contributed by atoms with van der Waals surface area (Å²) in [5.74, 6) is 0. The first-order chi connectivity index (χ1) is 9.79. The molecule has 20 heavy (non-hydrogen) atoms. The number of nitrogens with zero attached hydrogens (tertiary/aromatic N) is 3. The Bertz CT molecular complexity index is 574. The number of rotatable bonds is 6. The summed E-state index contributed by atoms with van der Waals surface area (Å²) >= 11 is 0. The minimum absolute atomic E-state index is 0.270. The smallest absolute Gasteiger partial charge is 0.0843 e. The van der Waals surface area contributed by atoms with Crippen LogP contribution in [0.4, 0.5) is 0 Å². The van der Waals surface area contributed by atoms with Gasteiger partial charge in [0.05, 0.1) is 11.2 Å². The van der Waals surface area contributed by atoms with Gasteiger partial charge in [0.2, 0.25) is 0 Å². The van der Waals surface area contributed by atoms with E-state index in [0.717, 1.165) is 25.2 Å². The van der Waals surface area contributed by atoms with E-state index < -0.39 is 0 Å². The van der Waals surface area contributed by atoms with Crippen molar-refractivity contribution in [2.24, 2.45) is 7.05 Å². The lowest BCUT2D eigenvalue weighted by Crippen LogP contribution is -2.40. The molecule has 4 heteroatoms. The van der Waals surface area contributed by atoms with Crippen molar-refractivity contribution in [3.05, 3.63) is 30.0 Å². The molecular formula is C16H23N3O. The van der Waals surface area contributed by atoms with Gasteiger partial charge in [-0.25, -0.2) is 0 Å². The lowest BCUT2D eigenvalue weighted by atomic mass is 9.91. The number of hydrogen-bond acceptors (Lipinski definition) is 3. The molecule has 1 saturated carbocycles. The van der Waals surface area contributed by atoms with Gasteiger partial charge in [-0.15, -0.1) is 0 Å². The van der Waals surface area contributed by atoms with Crippen LogP contribution in [0.15, 0.2) is 24.3 Å². The Morgan fingerprint density at radius 1 is 1.35 bits per heavy atom. The van der Waals surface area contributed by atoms with E-state index in [1.165, 1.54) is 30.2 Å². The first-order valence-corrected chi connectivity index (χ1v) is 7.55. The maximum Gasteiger partial charge on any atom is 0.0843 e. The van der Waals surface area contributed by atoms with Crippen LogP contribution in [0.2, 0.25) is 0 Å². The molecule has 1 heterocycles. The van der Waals surface area contributed by atoms with Crippen molar-refractivity contribution in [2.75, 3.05) is 13.2 Å². The first-order valence-electron chi connectivity index (χ1n) is 7.55. The minimum atomic E-state index is 0.270. The van der Waals surface area contributed by atoms with E-state index in [2.05, 4.69) is 29.2 Å². The summed E-state index contributed by atoms with van der Waals surface area (Å²) < 4.78 is 1.97. The summed E-state index contributed by atoms with van der Waals surface area (Å²) in [4.78, 5) is 2.49. The van der Waals surface area contributed by atoms with Crippen molar-refractivity contribution in [2.45, 2.75) is 38.3 Å². The maximum absolute atomic E-state index is 9.08. The molecule has 0 atom stereocenters. The predicted octanol–water partition coefficient (Wildman–Crippen LogP) is 2.31. The first kappa shape index (κ1) is 13.6. The second-order valence-corrected chi connectivity index (χ2v) is 5.72. The molecule has 1 aliphatic carbocycles. The van der Waals surface area contributed by atoms with Crippen LogP contribution < -0.4 is 0 Å². The molecule has 1 N–H and O–H groups in total. The highest BCUT2D eigenvalue weighted by Gasteiger charge is 2.25. The van der Waals surface area contributed by atoms with Crippen LogP contribution in [0.5, 0.6) is 0 Å². The fourth-order valence-corrected chi connectivity index (χ4v) is 3.01.